The predicted molar refractivity (Wildman–Crippen MR) is 174 cm³/mol. The third kappa shape index (κ3) is 5.50. The van der Waals surface area contributed by atoms with Crippen LogP contribution in [0.15, 0.2) is 78.9 Å². The third-order valence-corrected chi connectivity index (χ3v) is 12.1. The molecule has 6 rings (SSSR count). The fourth-order valence-corrected chi connectivity index (χ4v) is 10.2. The van der Waals surface area contributed by atoms with E-state index in [1.165, 1.54) is 0 Å². The molecule has 0 unspecified atom stereocenters. The quantitative estimate of drug-likeness (QED) is 0.333. The van der Waals surface area contributed by atoms with Gasteiger partial charge in [-0.05, 0) is 55.4 Å². The molecule has 0 bridgehead atoms. The predicted octanol–water partition coefficient (Wildman–Crippen LogP) is 4.70. The molecule has 236 valence electrons. The molecular weight excluding hydrogens is 586 g/mol. The molecular formula is C35H41N3O6Si. The van der Waals surface area contributed by atoms with Gasteiger partial charge in [-0.1, -0.05) is 55.5 Å². The molecule has 3 aliphatic rings. The summed E-state index contributed by atoms with van der Waals surface area (Å²) >= 11 is 0. The average molecular weight is 628 g/mol. The van der Waals surface area contributed by atoms with Crippen LogP contribution in [0, 0.1) is 5.92 Å². The van der Waals surface area contributed by atoms with Crippen molar-refractivity contribution in [3.05, 3.63) is 90.0 Å². The lowest BCUT2D eigenvalue weighted by molar-refractivity contribution is -0.149. The van der Waals surface area contributed by atoms with Crippen molar-refractivity contribution in [2.75, 3.05) is 29.5 Å². The van der Waals surface area contributed by atoms with Crippen molar-refractivity contribution in [1.82, 2.24) is 4.90 Å². The monoisotopic (exact) mass is 627 g/mol. The first-order valence-corrected chi connectivity index (χ1v) is 18.8. The van der Waals surface area contributed by atoms with Crippen LogP contribution in [0.1, 0.15) is 37.3 Å². The highest BCUT2D eigenvalue weighted by molar-refractivity contribution is 6.71. The number of hydrogen-bond donors (Lipinski definition) is 2. The number of benzene rings is 3. The van der Waals surface area contributed by atoms with E-state index in [0.29, 0.717) is 42.1 Å². The third-order valence-electron chi connectivity index (χ3n) is 9.59. The number of fused-ring (bicyclic) bond motifs is 2. The summed E-state index contributed by atoms with van der Waals surface area (Å²) in [7, 11) is -3.02. The van der Waals surface area contributed by atoms with Gasteiger partial charge in [0.05, 0.1) is 24.8 Å². The van der Waals surface area contributed by atoms with Gasteiger partial charge < -0.3 is 24.4 Å². The van der Waals surface area contributed by atoms with E-state index in [1.54, 1.807) is 14.7 Å². The van der Waals surface area contributed by atoms with E-state index in [2.05, 4.69) is 0 Å². The Morgan fingerprint density at radius 1 is 1.02 bits per heavy atom. The van der Waals surface area contributed by atoms with Crippen LogP contribution in [0.4, 0.5) is 17.1 Å². The van der Waals surface area contributed by atoms with E-state index in [1.807, 2.05) is 98.9 Å². The SMILES string of the molecule is C[C@H]1[C@H]([Si](C)(C)O)[C@@H](CC(=O)N(CCO)Cc2ccccc2)O[C@]12C(=O)N(c1ccccc1)c1ccc(N3CCCC3=O)cc12. The van der Waals surface area contributed by atoms with Gasteiger partial charge in [0.1, 0.15) is 0 Å². The van der Waals surface area contributed by atoms with Gasteiger partial charge in [-0.3, -0.25) is 19.3 Å². The standard InChI is InChI=1S/C35H41N3O6Si/c1-24-33(45(2,3)43)30(22-32(41)36(19-20-39)23-25-11-6-4-7-12-25)44-35(24)28-21-27(37-18-10-15-31(37)40)16-17-29(28)38(34(35)42)26-13-8-5-9-14-26/h4-9,11-14,16-17,21,24,30,33,39,43H,10,15,18-20,22-23H2,1-3H3/t24-,30+,33-,35+/m0/s1. The van der Waals surface area contributed by atoms with Crippen molar-refractivity contribution >= 4 is 43.1 Å². The molecule has 3 aromatic rings. The van der Waals surface area contributed by atoms with Crippen LogP contribution < -0.4 is 9.80 Å². The Balaban J connectivity index is 1.42. The summed E-state index contributed by atoms with van der Waals surface area (Å²) in [5.41, 5.74) is 1.75. The van der Waals surface area contributed by atoms with Gasteiger partial charge in [0, 0.05) is 54.5 Å². The largest absolute Gasteiger partial charge is 0.432 e. The number of carbonyl (C=O) groups excluding carboxylic acids is 3. The van der Waals surface area contributed by atoms with Crippen molar-refractivity contribution < 1.29 is 29.0 Å². The minimum absolute atomic E-state index is 0.0428. The molecule has 1 spiro atoms. The molecule has 3 aromatic carbocycles. The van der Waals surface area contributed by atoms with Crippen molar-refractivity contribution in [1.29, 1.82) is 0 Å². The van der Waals surface area contributed by atoms with E-state index in [0.717, 1.165) is 12.0 Å². The highest BCUT2D eigenvalue weighted by atomic mass is 28.4. The molecule has 3 amide bonds. The maximum Gasteiger partial charge on any atom is 0.268 e. The lowest BCUT2D eigenvalue weighted by Crippen LogP contribution is -2.45. The lowest BCUT2D eigenvalue weighted by atomic mass is 9.82. The van der Waals surface area contributed by atoms with Gasteiger partial charge >= 0.3 is 0 Å². The van der Waals surface area contributed by atoms with E-state index in [-0.39, 0.29) is 37.3 Å². The molecule has 2 saturated heterocycles. The number of anilines is 3. The van der Waals surface area contributed by atoms with Crippen molar-refractivity contribution in [2.24, 2.45) is 5.92 Å². The fraction of sp³-hybridized carbons (Fsp3) is 0.400. The number of carbonyl (C=O) groups is 3. The van der Waals surface area contributed by atoms with Crippen molar-refractivity contribution in [3.63, 3.8) is 0 Å². The molecule has 9 nitrogen and oxygen atoms in total. The Kier molecular flexibility index (Phi) is 8.42. The normalized spacial score (nSPS) is 24.5. The Labute approximate surface area is 265 Å². The Hall–Kier alpha value is -3.83. The van der Waals surface area contributed by atoms with Crippen LogP contribution in [0.25, 0.3) is 0 Å². The number of nitrogens with zero attached hydrogens (tertiary/aromatic N) is 3. The zero-order valence-electron chi connectivity index (χ0n) is 26.1. The molecule has 10 heteroatoms. The number of hydrogen-bond acceptors (Lipinski definition) is 6. The lowest BCUT2D eigenvalue weighted by Gasteiger charge is -2.33. The topological polar surface area (TPSA) is 111 Å². The van der Waals surface area contributed by atoms with Gasteiger partial charge in [0.25, 0.3) is 5.91 Å². The number of amides is 3. The van der Waals surface area contributed by atoms with Crippen LogP contribution in [0.5, 0.6) is 0 Å². The molecule has 0 aromatic heterocycles. The second kappa shape index (κ2) is 12.2. The molecule has 45 heavy (non-hydrogen) atoms. The highest BCUT2D eigenvalue weighted by Gasteiger charge is 2.66. The Morgan fingerprint density at radius 2 is 1.71 bits per heavy atom. The number of aliphatic hydroxyl groups excluding tert-OH is 1. The molecule has 3 heterocycles. The minimum atomic E-state index is -3.02. The summed E-state index contributed by atoms with van der Waals surface area (Å²) in [6.07, 6.45) is 0.473. The molecule has 4 atom stereocenters. The van der Waals surface area contributed by atoms with Crippen LogP contribution in [-0.4, -0.2) is 66.6 Å². The van der Waals surface area contributed by atoms with Gasteiger partial charge in [-0.25, -0.2) is 0 Å². The first-order valence-electron chi connectivity index (χ1n) is 15.7. The summed E-state index contributed by atoms with van der Waals surface area (Å²) in [5, 5.41) is 9.79. The molecule has 2 fully saturated rings. The van der Waals surface area contributed by atoms with E-state index in [9.17, 15) is 24.3 Å². The van der Waals surface area contributed by atoms with Gasteiger partial charge in [-0.15, -0.1) is 0 Å². The molecule has 0 saturated carbocycles. The second-order valence-electron chi connectivity index (χ2n) is 12.9. The van der Waals surface area contributed by atoms with Crippen molar-refractivity contribution in [3.8, 4) is 0 Å². The highest BCUT2D eigenvalue weighted by Crippen LogP contribution is 2.61. The van der Waals surface area contributed by atoms with Crippen molar-refractivity contribution in [2.45, 2.75) is 63.1 Å². The van der Waals surface area contributed by atoms with Gasteiger partial charge in [0.2, 0.25) is 11.8 Å². The Morgan fingerprint density at radius 3 is 2.33 bits per heavy atom. The van der Waals surface area contributed by atoms with Crippen LogP contribution in [0.3, 0.4) is 0 Å². The first kappa shape index (κ1) is 31.2. The van der Waals surface area contributed by atoms with Gasteiger partial charge in [-0.2, -0.15) is 0 Å². The molecule has 0 radical (unpaired) electrons. The molecule has 3 aliphatic heterocycles. The number of rotatable bonds is 9. The summed E-state index contributed by atoms with van der Waals surface area (Å²) in [6, 6.07) is 24.6. The van der Waals surface area contributed by atoms with E-state index in [4.69, 9.17) is 4.74 Å². The maximum atomic E-state index is 14.8. The maximum absolute atomic E-state index is 14.8. The fourth-order valence-electron chi connectivity index (χ4n) is 7.63. The number of aliphatic hydroxyl groups is 1. The smallest absolute Gasteiger partial charge is 0.268 e. The number of para-hydroxylation sites is 1. The summed E-state index contributed by atoms with van der Waals surface area (Å²) in [5.74, 6) is -0.906. The summed E-state index contributed by atoms with van der Waals surface area (Å²) in [6.45, 7) is 6.51. The second-order valence-corrected chi connectivity index (χ2v) is 16.9. The molecule has 2 N–H and O–H groups in total. The zero-order valence-corrected chi connectivity index (χ0v) is 27.1. The first-order chi connectivity index (χ1) is 21.6. The Bertz CT molecular complexity index is 1580. The average Bonchev–Trinajstić information content (AvgIpc) is 3.65. The van der Waals surface area contributed by atoms with E-state index >= 15 is 0 Å². The minimum Gasteiger partial charge on any atom is -0.432 e. The van der Waals surface area contributed by atoms with Gasteiger partial charge in [0.15, 0.2) is 13.9 Å². The number of ether oxygens (including phenoxy) is 1. The van der Waals surface area contributed by atoms with Crippen LogP contribution in [-0.2, 0) is 31.3 Å². The van der Waals surface area contributed by atoms with Crippen LogP contribution in [0.2, 0.25) is 18.6 Å². The zero-order chi connectivity index (χ0) is 31.9. The van der Waals surface area contributed by atoms with Crippen LogP contribution >= 0.6 is 0 Å². The van der Waals surface area contributed by atoms with E-state index < -0.39 is 31.5 Å². The summed E-state index contributed by atoms with van der Waals surface area (Å²) in [4.78, 5) is 58.1. The molecule has 0 aliphatic carbocycles. The summed E-state index contributed by atoms with van der Waals surface area (Å²) < 4.78 is 6.92.